The molecule has 0 N–H and O–H groups in total. The fourth-order valence-corrected chi connectivity index (χ4v) is 5.33. The molecule has 5 heteroatoms. The maximum Gasteiger partial charge on any atom is 0.251 e. The molecule has 0 bridgehead atoms. The lowest BCUT2D eigenvalue weighted by Gasteiger charge is -2.16. The number of ether oxygens (including phenoxy) is 2. The zero-order valence-electron chi connectivity index (χ0n) is 12.6. The molecule has 116 valence electrons. The van der Waals surface area contributed by atoms with Gasteiger partial charge in [0, 0.05) is 26.4 Å². The molecule has 0 aliphatic heterocycles. The van der Waals surface area contributed by atoms with E-state index < -0.39 is 6.69 Å². The van der Waals surface area contributed by atoms with Gasteiger partial charge in [-0.15, -0.1) is 22.2 Å². The lowest BCUT2D eigenvalue weighted by Crippen LogP contribution is -2.18. The van der Waals surface area contributed by atoms with E-state index in [1.54, 1.807) is 0 Å². The fraction of sp³-hybridized carbons (Fsp3) is 1.00. The van der Waals surface area contributed by atoms with Crippen LogP contribution in [-0.2, 0) is 9.47 Å². The molecule has 0 unspecified atom stereocenters. The molecule has 19 heavy (non-hydrogen) atoms. The van der Waals surface area contributed by atoms with Crippen molar-refractivity contribution >= 4 is 28.9 Å². The Morgan fingerprint density at radius 1 is 0.684 bits per heavy atom. The second kappa shape index (κ2) is 13.7. The van der Waals surface area contributed by atoms with Gasteiger partial charge in [-0.25, -0.2) is 0 Å². The third-order valence-electron chi connectivity index (χ3n) is 3.07. The van der Waals surface area contributed by atoms with Gasteiger partial charge in [0.05, 0.1) is 0 Å². The minimum Gasteiger partial charge on any atom is -0.382 e. The van der Waals surface area contributed by atoms with Gasteiger partial charge >= 0.3 is 0 Å². The van der Waals surface area contributed by atoms with Crippen LogP contribution in [0.5, 0.6) is 0 Å². The van der Waals surface area contributed by atoms with Crippen molar-refractivity contribution in [3.8, 4) is 0 Å². The second-order valence-corrected chi connectivity index (χ2v) is 12.5. The predicted octanol–water partition coefficient (Wildman–Crippen LogP) is 5.32. The molecule has 0 rings (SSSR count). The highest BCUT2D eigenvalue weighted by Gasteiger charge is 2.26. The van der Waals surface area contributed by atoms with Crippen molar-refractivity contribution in [3.63, 3.8) is 0 Å². The standard InChI is InChI=1S/C14H30Cl2O2Si/c1-3-17-11-7-5-9-13-19(15,16)14-10-6-8-12-18-4-2/h3-14H2,1-2H3. The van der Waals surface area contributed by atoms with Crippen LogP contribution in [0.4, 0.5) is 0 Å². The summed E-state index contributed by atoms with van der Waals surface area (Å²) >= 11 is 12.9. The third-order valence-corrected chi connectivity index (χ3v) is 7.51. The van der Waals surface area contributed by atoms with Crippen LogP contribution in [-0.4, -0.2) is 33.1 Å². The molecular weight excluding hydrogens is 299 g/mol. The van der Waals surface area contributed by atoms with E-state index in [0.29, 0.717) is 0 Å². The van der Waals surface area contributed by atoms with Gasteiger partial charge in [-0.2, -0.15) is 0 Å². The summed E-state index contributed by atoms with van der Waals surface area (Å²) in [6.45, 7) is 5.44. The Hall–Kier alpha value is 0.717. The van der Waals surface area contributed by atoms with Crippen LogP contribution >= 0.6 is 22.2 Å². The molecule has 0 aromatic heterocycles. The first kappa shape index (κ1) is 19.7. The molecule has 0 saturated heterocycles. The van der Waals surface area contributed by atoms with Gasteiger partial charge in [0.25, 0.3) is 6.69 Å². The molecule has 0 aliphatic carbocycles. The molecule has 0 fully saturated rings. The van der Waals surface area contributed by atoms with E-state index in [-0.39, 0.29) is 0 Å². The highest BCUT2D eigenvalue weighted by molar-refractivity contribution is 7.45. The van der Waals surface area contributed by atoms with Crippen molar-refractivity contribution in [1.82, 2.24) is 0 Å². The smallest absolute Gasteiger partial charge is 0.251 e. The Labute approximate surface area is 129 Å². The van der Waals surface area contributed by atoms with Gasteiger partial charge in [0.2, 0.25) is 0 Å². The average Bonchev–Trinajstić information content (AvgIpc) is 2.38. The van der Waals surface area contributed by atoms with E-state index in [1.165, 1.54) is 12.8 Å². The van der Waals surface area contributed by atoms with Crippen LogP contribution in [0.2, 0.25) is 12.1 Å². The number of rotatable bonds is 14. The van der Waals surface area contributed by atoms with Crippen LogP contribution in [0.25, 0.3) is 0 Å². The summed E-state index contributed by atoms with van der Waals surface area (Å²) in [5.74, 6) is 0. The molecule has 2 nitrogen and oxygen atoms in total. The maximum atomic E-state index is 6.46. The van der Waals surface area contributed by atoms with Gasteiger partial charge in [0.1, 0.15) is 0 Å². The highest BCUT2D eigenvalue weighted by Crippen LogP contribution is 2.30. The van der Waals surface area contributed by atoms with E-state index in [1.807, 2.05) is 13.8 Å². The van der Waals surface area contributed by atoms with Gasteiger partial charge in [-0.1, -0.05) is 25.7 Å². The van der Waals surface area contributed by atoms with Crippen LogP contribution in [0, 0.1) is 0 Å². The molecule has 0 spiro atoms. The topological polar surface area (TPSA) is 18.5 Å². The molecule has 0 aromatic rings. The largest absolute Gasteiger partial charge is 0.382 e. The Kier molecular flexibility index (Phi) is 14.2. The Morgan fingerprint density at radius 3 is 1.47 bits per heavy atom. The Morgan fingerprint density at radius 2 is 1.11 bits per heavy atom. The summed E-state index contributed by atoms with van der Waals surface area (Å²) in [5.41, 5.74) is 0. The van der Waals surface area contributed by atoms with Crippen molar-refractivity contribution in [1.29, 1.82) is 0 Å². The van der Waals surface area contributed by atoms with E-state index in [9.17, 15) is 0 Å². The third kappa shape index (κ3) is 14.9. The second-order valence-electron chi connectivity index (χ2n) is 4.87. The lowest BCUT2D eigenvalue weighted by molar-refractivity contribution is 0.143. The highest BCUT2D eigenvalue weighted by atomic mass is 35.7. The summed E-state index contributed by atoms with van der Waals surface area (Å²) in [6, 6.07) is 2.04. The van der Waals surface area contributed by atoms with E-state index in [0.717, 1.165) is 64.2 Å². The van der Waals surface area contributed by atoms with E-state index >= 15 is 0 Å². The summed E-state index contributed by atoms with van der Waals surface area (Å²) in [7, 11) is 0. The first-order valence-electron chi connectivity index (χ1n) is 7.65. The molecule has 0 saturated carbocycles. The molecule has 0 aromatic carbocycles. The van der Waals surface area contributed by atoms with Crippen LogP contribution < -0.4 is 0 Å². The summed E-state index contributed by atoms with van der Waals surface area (Å²) in [5, 5.41) is 0. The van der Waals surface area contributed by atoms with Crippen molar-refractivity contribution in [2.75, 3.05) is 26.4 Å². The van der Waals surface area contributed by atoms with Gasteiger partial charge < -0.3 is 9.47 Å². The number of halogens is 2. The molecule has 0 radical (unpaired) electrons. The zero-order valence-corrected chi connectivity index (χ0v) is 15.1. The monoisotopic (exact) mass is 328 g/mol. The summed E-state index contributed by atoms with van der Waals surface area (Å²) < 4.78 is 10.6. The Bertz CT molecular complexity index is 174. The molecule has 0 atom stereocenters. The van der Waals surface area contributed by atoms with E-state index in [4.69, 9.17) is 31.6 Å². The Balaban J connectivity index is 3.36. The van der Waals surface area contributed by atoms with Crippen molar-refractivity contribution in [2.45, 2.75) is 64.5 Å². The van der Waals surface area contributed by atoms with Gasteiger partial charge in [-0.05, 0) is 38.8 Å². The van der Waals surface area contributed by atoms with Gasteiger partial charge in [-0.3, -0.25) is 0 Å². The average molecular weight is 329 g/mol. The normalized spacial score (nSPS) is 12.0. The fourth-order valence-electron chi connectivity index (χ4n) is 1.94. The SMILES string of the molecule is CCOCCCCC[Si](Cl)(Cl)CCCCCOCC. The quantitative estimate of drug-likeness (QED) is 0.244. The predicted molar refractivity (Wildman–Crippen MR) is 87.8 cm³/mol. The molecule has 0 heterocycles. The first-order valence-corrected chi connectivity index (χ1v) is 12.1. The molecule has 0 aliphatic rings. The summed E-state index contributed by atoms with van der Waals surface area (Å²) in [4.78, 5) is 0. The van der Waals surface area contributed by atoms with Crippen molar-refractivity contribution in [3.05, 3.63) is 0 Å². The minimum atomic E-state index is -1.98. The molecule has 0 amide bonds. The van der Waals surface area contributed by atoms with E-state index in [2.05, 4.69) is 0 Å². The van der Waals surface area contributed by atoms with Crippen LogP contribution in [0.15, 0.2) is 0 Å². The molecular formula is C14H30Cl2O2Si. The van der Waals surface area contributed by atoms with Crippen LogP contribution in [0.1, 0.15) is 52.4 Å². The van der Waals surface area contributed by atoms with Crippen LogP contribution in [0.3, 0.4) is 0 Å². The summed E-state index contributed by atoms with van der Waals surface area (Å²) in [6.07, 6.45) is 6.90. The number of hydrogen-bond acceptors (Lipinski definition) is 2. The number of unbranched alkanes of at least 4 members (excludes halogenated alkanes) is 4. The lowest BCUT2D eigenvalue weighted by atomic mass is 10.3. The van der Waals surface area contributed by atoms with Crippen molar-refractivity contribution in [2.24, 2.45) is 0 Å². The van der Waals surface area contributed by atoms with Gasteiger partial charge in [0.15, 0.2) is 0 Å². The zero-order chi connectivity index (χ0) is 14.4. The number of hydrogen-bond donors (Lipinski definition) is 0. The van der Waals surface area contributed by atoms with Crippen molar-refractivity contribution < 1.29 is 9.47 Å². The maximum absolute atomic E-state index is 6.46. The minimum absolute atomic E-state index is 0.811. The first-order chi connectivity index (χ1) is 9.12.